The zero-order valence-electron chi connectivity index (χ0n) is 10.8. The molecule has 0 spiro atoms. The van der Waals surface area contributed by atoms with E-state index in [4.69, 9.17) is 5.26 Å². The van der Waals surface area contributed by atoms with Crippen molar-refractivity contribution < 1.29 is 8.42 Å². The Morgan fingerprint density at radius 1 is 1.55 bits per heavy atom. The molecule has 7 nitrogen and oxygen atoms in total. The molecule has 2 rings (SSSR count). The highest BCUT2D eigenvalue weighted by molar-refractivity contribution is 7.89. The van der Waals surface area contributed by atoms with E-state index in [-0.39, 0.29) is 16.3 Å². The summed E-state index contributed by atoms with van der Waals surface area (Å²) in [5, 5.41) is 18.2. The van der Waals surface area contributed by atoms with Gasteiger partial charge in [0.1, 0.15) is 15.8 Å². The number of nitrogens with one attached hydrogen (secondary N) is 1. The van der Waals surface area contributed by atoms with Crippen LogP contribution in [0.25, 0.3) is 0 Å². The molecular formula is C11H13N5O2S2. The topological polar surface area (TPSA) is 101 Å². The maximum absolute atomic E-state index is 12.1. The quantitative estimate of drug-likeness (QED) is 0.861. The van der Waals surface area contributed by atoms with Crippen LogP contribution in [0.4, 0.5) is 0 Å². The number of nitriles is 1. The van der Waals surface area contributed by atoms with E-state index in [9.17, 15) is 8.42 Å². The average Bonchev–Trinajstić information content (AvgIpc) is 3.05. The largest absolute Gasteiger partial charge is 0.252 e. The number of nitrogens with zero attached hydrogens (tertiary/aromatic N) is 4. The number of sulfonamides is 1. The van der Waals surface area contributed by atoms with Gasteiger partial charge >= 0.3 is 0 Å². The second-order valence-corrected chi connectivity index (χ2v) is 6.67. The van der Waals surface area contributed by atoms with E-state index in [1.165, 1.54) is 6.07 Å². The second kappa shape index (κ2) is 6.13. The third-order valence-electron chi connectivity index (χ3n) is 2.50. The summed E-state index contributed by atoms with van der Waals surface area (Å²) in [6.45, 7) is 2.81. The zero-order chi connectivity index (χ0) is 14.6. The van der Waals surface area contributed by atoms with Crippen LogP contribution in [0, 0.1) is 11.3 Å². The number of aryl methyl sites for hydroxylation is 1. The Bertz CT molecular complexity index is 726. The highest BCUT2D eigenvalue weighted by Crippen LogP contribution is 2.20. The molecular weight excluding hydrogens is 298 g/mol. The lowest BCUT2D eigenvalue weighted by atomic mass is 10.4. The van der Waals surface area contributed by atoms with Gasteiger partial charge in [0.2, 0.25) is 10.0 Å². The van der Waals surface area contributed by atoms with Crippen molar-refractivity contribution in [2.45, 2.75) is 31.3 Å². The molecule has 0 aliphatic rings. The van der Waals surface area contributed by atoms with Crippen LogP contribution in [-0.4, -0.2) is 23.4 Å². The minimum absolute atomic E-state index is 0.00551. The molecule has 2 heterocycles. The summed E-state index contributed by atoms with van der Waals surface area (Å²) >= 11 is 1.10. The number of hydrogen-bond acceptors (Lipinski definition) is 6. The zero-order valence-corrected chi connectivity index (χ0v) is 12.4. The molecule has 0 fully saturated rings. The third-order valence-corrected chi connectivity index (χ3v) is 4.89. The fraction of sp³-hybridized carbons (Fsp3) is 0.364. The first-order valence-electron chi connectivity index (χ1n) is 5.93. The van der Waals surface area contributed by atoms with Crippen molar-refractivity contribution >= 4 is 21.4 Å². The molecule has 0 unspecified atom stereocenters. The normalized spacial score (nSPS) is 11.4. The molecule has 2 aromatic heterocycles. The second-order valence-electron chi connectivity index (χ2n) is 4.02. The Labute approximate surface area is 120 Å². The van der Waals surface area contributed by atoms with Crippen molar-refractivity contribution in [3.05, 3.63) is 28.2 Å². The van der Waals surface area contributed by atoms with Gasteiger partial charge in [0.25, 0.3) is 0 Å². The first-order chi connectivity index (χ1) is 9.56. The molecule has 9 heteroatoms. The SMILES string of the molecule is CCCn1cc(CNS(=O)(=O)c2ccsc2C#N)nn1. The maximum atomic E-state index is 12.1. The van der Waals surface area contributed by atoms with Crippen LogP contribution in [0.15, 0.2) is 22.5 Å². The molecule has 1 N–H and O–H groups in total. The Kier molecular flexibility index (Phi) is 4.49. The Morgan fingerprint density at radius 2 is 2.35 bits per heavy atom. The Morgan fingerprint density at radius 3 is 3.05 bits per heavy atom. The van der Waals surface area contributed by atoms with E-state index in [0.717, 1.165) is 24.3 Å². The van der Waals surface area contributed by atoms with Gasteiger partial charge < -0.3 is 0 Å². The predicted molar refractivity (Wildman–Crippen MR) is 73.4 cm³/mol. The molecule has 0 saturated carbocycles. The molecule has 0 saturated heterocycles. The fourth-order valence-corrected chi connectivity index (χ4v) is 3.76. The van der Waals surface area contributed by atoms with Crippen LogP contribution in [0.5, 0.6) is 0 Å². The van der Waals surface area contributed by atoms with Gasteiger partial charge in [0.15, 0.2) is 0 Å². The number of rotatable bonds is 6. The lowest BCUT2D eigenvalue weighted by molar-refractivity contribution is 0.578. The summed E-state index contributed by atoms with van der Waals surface area (Å²) in [4.78, 5) is 0.179. The van der Waals surface area contributed by atoms with Crippen molar-refractivity contribution in [2.24, 2.45) is 0 Å². The summed E-state index contributed by atoms with van der Waals surface area (Å²) in [5.41, 5.74) is 0.538. The van der Waals surface area contributed by atoms with Crippen LogP contribution in [-0.2, 0) is 23.1 Å². The van der Waals surface area contributed by atoms with Crippen LogP contribution in [0.3, 0.4) is 0 Å². The maximum Gasteiger partial charge on any atom is 0.243 e. The van der Waals surface area contributed by atoms with Gasteiger partial charge in [0.05, 0.1) is 12.2 Å². The lowest BCUT2D eigenvalue weighted by Gasteiger charge is -2.03. The first-order valence-corrected chi connectivity index (χ1v) is 8.29. The van der Waals surface area contributed by atoms with Crippen LogP contribution in [0.2, 0.25) is 0 Å². The van der Waals surface area contributed by atoms with E-state index in [1.807, 2.05) is 13.0 Å². The van der Waals surface area contributed by atoms with Gasteiger partial charge in [-0.05, 0) is 17.9 Å². The smallest absolute Gasteiger partial charge is 0.243 e. The molecule has 0 atom stereocenters. The third kappa shape index (κ3) is 3.22. The lowest BCUT2D eigenvalue weighted by Crippen LogP contribution is -2.23. The predicted octanol–water partition coefficient (Wildman–Crippen LogP) is 1.10. The van der Waals surface area contributed by atoms with Crippen LogP contribution < -0.4 is 4.72 Å². The van der Waals surface area contributed by atoms with Gasteiger partial charge in [-0.15, -0.1) is 16.4 Å². The molecule has 2 aromatic rings. The molecule has 0 radical (unpaired) electrons. The molecule has 20 heavy (non-hydrogen) atoms. The standard InChI is InChI=1S/C11H13N5O2S2/c1-2-4-16-8-9(14-15-16)7-13-20(17,18)11-3-5-19-10(11)6-12/h3,5,8,13H,2,4,7H2,1H3. The van der Waals surface area contributed by atoms with Gasteiger partial charge in [-0.2, -0.15) is 5.26 Å². The van der Waals surface area contributed by atoms with Crippen molar-refractivity contribution in [3.8, 4) is 6.07 Å². The van der Waals surface area contributed by atoms with E-state index in [0.29, 0.717) is 5.69 Å². The average molecular weight is 311 g/mol. The van der Waals surface area contributed by atoms with E-state index >= 15 is 0 Å². The minimum atomic E-state index is -3.70. The van der Waals surface area contributed by atoms with Gasteiger partial charge in [-0.1, -0.05) is 12.1 Å². The summed E-state index contributed by atoms with van der Waals surface area (Å²) in [6, 6.07) is 3.28. The summed E-state index contributed by atoms with van der Waals surface area (Å²) in [7, 11) is -3.70. The Balaban J connectivity index is 2.07. The molecule has 0 amide bonds. The Hall–Kier alpha value is -1.76. The van der Waals surface area contributed by atoms with E-state index < -0.39 is 10.0 Å². The fourth-order valence-electron chi connectivity index (χ4n) is 1.60. The molecule has 106 valence electrons. The van der Waals surface area contributed by atoms with Gasteiger partial charge in [0, 0.05) is 12.7 Å². The summed E-state index contributed by atoms with van der Waals surface area (Å²) in [6.07, 6.45) is 2.62. The molecule has 0 aromatic carbocycles. The molecule has 0 bridgehead atoms. The molecule has 0 aliphatic heterocycles. The highest BCUT2D eigenvalue weighted by Gasteiger charge is 2.19. The highest BCUT2D eigenvalue weighted by atomic mass is 32.2. The van der Waals surface area contributed by atoms with Crippen molar-refractivity contribution in [2.75, 3.05) is 0 Å². The van der Waals surface area contributed by atoms with E-state index in [2.05, 4.69) is 15.0 Å². The van der Waals surface area contributed by atoms with Crippen LogP contribution >= 0.6 is 11.3 Å². The van der Waals surface area contributed by atoms with Crippen LogP contribution in [0.1, 0.15) is 23.9 Å². The summed E-state index contributed by atoms with van der Waals surface area (Å²) in [5.74, 6) is 0. The van der Waals surface area contributed by atoms with Crippen molar-refractivity contribution in [1.82, 2.24) is 19.7 Å². The number of thiophene rings is 1. The van der Waals surface area contributed by atoms with Gasteiger partial charge in [-0.25, -0.2) is 13.1 Å². The number of aromatic nitrogens is 3. The monoisotopic (exact) mass is 311 g/mol. The number of hydrogen-bond donors (Lipinski definition) is 1. The van der Waals surface area contributed by atoms with E-state index in [1.54, 1.807) is 16.3 Å². The minimum Gasteiger partial charge on any atom is -0.252 e. The van der Waals surface area contributed by atoms with Crippen molar-refractivity contribution in [1.29, 1.82) is 5.26 Å². The summed E-state index contributed by atoms with van der Waals surface area (Å²) < 4.78 is 28.2. The molecule has 0 aliphatic carbocycles. The van der Waals surface area contributed by atoms with Crippen molar-refractivity contribution in [3.63, 3.8) is 0 Å². The van der Waals surface area contributed by atoms with Gasteiger partial charge in [-0.3, -0.25) is 4.68 Å². The first kappa shape index (κ1) is 14.6.